The van der Waals surface area contributed by atoms with Crippen molar-refractivity contribution in [1.82, 2.24) is 4.90 Å². The fraction of sp³-hybridized carbons (Fsp3) is 0.286. The number of nitrogens with zero attached hydrogens (tertiary/aromatic N) is 3. The molecule has 0 aromatic heterocycles. The molecule has 0 aliphatic carbocycles. The van der Waals surface area contributed by atoms with Gasteiger partial charge in [-0.05, 0) is 31.0 Å². The predicted octanol–water partition coefficient (Wildman–Crippen LogP) is 1.51. The van der Waals surface area contributed by atoms with E-state index in [1.165, 1.54) is 23.1 Å². The normalized spacial score (nSPS) is 16.9. The highest BCUT2D eigenvalue weighted by Gasteiger charge is 2.33. The first-order chi connectivity index (χ1) is 10.1. The molecule has 7 nitrogen and oxygen atoms in total. The molecule has 0 radical (unpaired) electrons. The van der Waals surface area contributed by atoms with Crippen molar-refractivity contribution in [3.05, 3.63) is 29.3 Å². The number of nitrogens with one attached hydrogen (secondary N) is 1. The number of carboxylic acids is 1. The molecule has 2 N–H and O–H groups in total. The van der Waals surface area contributed by atoms with Gasteiger partial charge in [0.15, 0.2) is 0 Å². The number of carbonyl (C=O) groups is 2. The molecule has 1 aromatic carbocycles. The van der Waals surface area contributed by atoms with Gasteiger partial charge in [-0.3, -0.25) is 0 Å². The third kappa shape index (κ3) is 2.93. The van der Waals surface area contributed by atoms with Gasteiger partial charge in [0.1, 0.15) is 18.2 Å². The molecule has 1 unspecified atom stereocenters. The third-order valence-electron chi connectivity index (χ3n) is 3.31. The lowest BCUT2D eigenvalue weighted by molar-refractivity contribution is -0.141. The number of carbonyl (C=O) groups excluding carboxylic acids is 1. The molecule has 0 saturated carbocycles. The minimum atomic E-state index is -1.03. The lowest BCUT2D eigenvalue weighted by Gasteiger charge is -2.21. The van der Waals surface area contributed by atoms with Crippen molar-refractivity contribution in [3.63, 3.8) is 0 Å². The molecule has 1 aliphatic heterocycles. The van der Waals surface area contributed by atoms with Gasteiger partial charge < -0.3 is 15.3 Å². The Balaban J connectivity index is 2.15. The van der Waals surface area contributed by atoms with E-state index in [4.69, 9.17) is 15.6 Å². The Morgan fingerprint density at radius 3 is 2.62 bits per heavy atom. The summed E-state index contributed by atoms with van der Waals surface area (Å²) in [4.78, 5) is 24.4. The van der Waals surface area contributed by atoms with Gasteiger partial charge in [0.05, 0.1) is 11.1 Å². The second-order valence-corrected chi connectivity index (χ2v) is 4.60. The Hall–Kier alpha value is -3.06. The van der Waals surface area contributed by atoms with Crippen LogP contribution < -0.4 is 5.32 Å². The maximum atomic E-state index is 12.1. The van der Waals surface area contributed by atoms with Gasteiger partial charge in [0.25, 0.3) is 0 Å². The summed E-state index contributed by atoms with van der Waals surface area (Å²) < 4.78 is 0. The van der Waals surface area contributed by atoms with E-state index in [1.54, 1.807) is 0 Å². The summed E-state index contributed by atoms with van der Waals surface area (Å²) in [5.41, 5.74) is 0.734. The average Bonchev–Trinajstić information content (AvgIpc) is 2.96. The van der Waals surface area contributed by atoms with E-state index < -0.39 is 18.0 Å². The lowest BCUT2D eigenvalue weighted by Crippen LogP contribution is -2.42. The third-order valence-corrected chi connectivity index (χ3v) is 3.31. The van der Waals surface area contributed by atoms with Crippen molar-refractivity contribution in [2.24, 2.45) is 0 Å². The van der Waals surface area contributed by atoms with E-state index in [2.05, 4.69) is 5.32 Å². The van der Waals surface area contributed by atoms with Gasteiger partial charge in [0.2, 0.25) is 0 Å². The molecule has 0 spiro atoms. The number of likely N-dealkylation sites (tertiary alicyclic amines) is 1. The van der Waals surface area contributed by atoms with Gasteiger partial charge in [-0.1, -0.05) is 0 Å². The van der Waals surface area contributed by atoms with Gasteiger partial charge >= 0.3 is 12.0 Å². The number of nitriles is 2. The summed E-state index contributed by atoms with van der Waals surface area (Å²) in [7, 11) is 0. The van der Waals surface area contributed by atoms with Crippen molar-refractivity contribution in [1.29, 1.82) is 10.5 Å². The van der Waals surface area contributed by atoms with E-state index in [-0.39, 0.29) is 11.1 Å². The first-order valence-electron chi connectivity index (χ1n) is 6.31. The molecule has 21 heavy (non-hydrogen) atoms. The second-order valence-electron chi connectivity index (χ2n) is 4.60. The molecule has 7 heteroatoms. The minimum Gasteiger partial charge on any atom is -0.480 e. The smallest absolute Gasteiger partial charge is 0.326 e. The van der Waals surface area contributed by atoms with Crippen LogP contribution in [0.4, 0.5) is 10.5 Å². The SMILES string of the molecule is N#Cc1ccc(NC(=O)N2CCCC2C(=O)O)cc1C#N. The summed E-state index contributed by atoms with van der Waals surface area (Å²) in [5, 5.41) is 29.4. The van der Waals surface area contributed by atoms with Crippen LogP contribution in [0.2, 0.25) is 0 Å². The molecule has 2 rings (SSSR count). The van der Waals surface area contributed by atoms with Crippen LogP contribution in [-0.2, 0) is 4.79 Å². The molecule has 0 bridgehead atoms. The molecule has 1 fully saturated rings. The first-order valence-corrected chi connectivity index (χ1v) is 6.31. The highest BCUT2D eigenvalue weighted by Crippen LogP contribution is 2.20. The summed E-state index contributed by atoms with van der Waals surface area (Å²) >= 11 is 0. The van der Waals surface area contributed by atoms with Crippen LogP contribution in [0, 0.1) is 22.7 Å². The predicted molar refractivity (Wildman–Crippen MR) is 72.3 cm³/mol. The van der Waals surface area contributed by atoms with Crippen LogP contribution in [0.3, 0.4) is 0 Å². The van der Waals surface area contributed by atoms with Gasteiger partial charge in [0, 0.05) is 12.2 Å². The average molecular weight is 284 g/mol. The van der Waals surface area contributed by atoms with Gasteiger partial charge in [-0.25, -0.2) is 9.59 Å². The molecule has 1 aromatic rings. The number of carboxylic acid groups (broad SMARTS) is 1. The number of benzene rings is 1. The highest BCUT2D eigenvalue weighted by molar-refractivity contribution is 5.93. The topological polar surface area (TPSA) is 117 Å². The zero-order valence-electron chi connectivity index (χ0n) is 11.0. The van der Waals surface area contributed by atoms with Crippen molar-refractivity contribution in [2.45, 2.75) is 18.9 Å². The van der Waals surface area contributed by atoms with E-state index in [9.17, 15) is 9.59 Å². The molecular formula is C14H12N4O3. The van der Waals surface area contributed by atoms with Crippen molar-refractivity contribution in [2.75, 3.05) is 11.9 Å². The molecular weight excluding hydrogens is 272 g/mol. The summed E-state index contributed by atoms with van der Waals surface area (Å²) in [6, 6.07) is 6.75. The van der Waals surface area contributed by atoms with Crippen LogP contribution >= 0.6 is 0 Å². The molecule has 1 atom stereocenters. The summed E-state index contributed by atoms with van der Waals surface area (Å²) in [6.07, 6.45) is 1.07. The Bertz CT molecular complexity index is 672. The summed E-state index contributed by atoms with van der Waals surface area (Å²) in [5.74, 6) is -1.03. The quantitative estimate of drug-likeness (QED) is 0.853. The maximum Gasteiger partial charge on any atom is 0.326 e. The van der Waals surface area contributed by atoms with Crippen LogP contribution in [0.5, 0.6) is 0 Å². The van der Waals surface area contributed by atoms with Crippen LogP contribution in [-0.4, -0.2) is 34.6 Å². The number of hydrogen-bond acceptors (Lipinski definition) is 4. The Kier molecular flexibility index (Phi) is 4.05. The van der Waals surface area contributed by atoms with Crippen molar-refractivity contribution >= 4 is 17.7 Å². The fourth-order valence-electron chi connectivity index (χ4n) is 2.27. The molecule has 106 valence electrons. The van der Waals surface area contributed by atoms with Crippen LogP contribution in [0.15, 0.2) is 18.2 Å². The van der Waals surface area contributed by atoms with Crippen molar-refractivity contribution in [3.8, 4) is 12.1 Å². The van der Waals surface area contributed by atoms with Gasteiger partial charge in [-0.2, -0.15) is 10.5 Å². The maximum absolute atomic E-state index is 12.1. The standard InChI is InChI=1S/C14H12N4O3/c15-7-9-3-4-11(6-10(9)8-16)17-14(21)18-5-1-2-12(18)13(19)20/h3-4,6,12H,1-2,5H2,(H,17,21)(H,19,20). The van der Waals surface area contributed by atoms with E-state index in [0.717, 1.165) is 0 Å². The second kappa shape index (κ2) is 5.93. The van der Waals surface area contributed by atoms with E-state index in [0.29, 0.717) is 25.1 Å². The number of hydrogen-bond donors (Lipinski definition) is 2. The Morgan fingerprint density at radius 1 is 1.29 bits per heavy atom. The fourth-order valence-corrected chi connectivity index (χ4v) is 2.27. The zero-order valence-corrected chi connectivity index (χ0v) is 11.0. The molecule has 1 heterocycles. The Labute approximate surface area is 121 Å². The minimum absolute atomic E-state index is 0.159. The molecule has 1 saturated heterocycles. The van der Waals surface area contributed by atoms with Crippen molar-refractivity contribution < 1.29 is 14.7 Å². The molecule has 1 aliphatic rings. The largest absolute Gasteiger partial charge is 0.480 e. The van der Waals surface area contributed by atoms with E-state index in [1.807, 2.05) is 12.1 Å². The van der Waals surface area contributed by atoms with Gasteiger partial charge in [-0.15, -0.1) is 0 Å². The highest BCUT2D eigenvalue weighted by atomic mass is 16.4. The lowest BCUT2D eigenvalue weighted by atomic mass is 10.1. The Morgan fingerprint density at radius 2 is 2.00 bits per heavy atom. The van der Waals surface area contributed by atoms with Crippen LogP contribution in [0.25, 0.3) is 0 Å². The van der Waals surface area contributed by atoms with E-state index >= 15 is 0 Å². The monoisotopic (exact) mass is 284 g/mol. The first kappa shape index (κ1) is 14.4. The number of rotatable bonds is 2. The number of anilines is 1. The zero-order chi connectivity index (χ0) is 15.4. The number of amides is 2. The molecule has 2 amide bonds. The number of urea groups is 1. The number of aliphatic carboxylic acids is 1. The summed E-state index contributed by atoms with van der Waals surface area (Å²) in [6.45, 7) is 0.379. The van der Waals surface area contributed by atoms with Crippen LogP contribution in [0.1, 0.15) is 24.0 Å².